The first-order chi connectivity index (χ1) is 9.91. The topological polar surface area (TPSA) is 29.5 Å². The summed E-state index contributed by atoms with van der Waals surface area (Å²) in [6.45, 7) is -3.04. The Morgan fingerprint density at radius 1 is 1.10 bits per heavy atom. The molecule has 1 unspecified atom stereocenters. The second kappa shape index (κ2) is 6.68. The van der Waals surface area contributed by atoms with E-state index in [2.05, 4.69) is 20.7 Å². The van der Waals surface area contributed by atoms with E-state index in [1.54, 1.807) is 0 Å². The molecule has 0 aromatic heterocycles. The summed E-state index contributed by atoms with van der Waals surface area (Å²) in [7, 11) is 0. The molecule has 0 amide bonds. The first kappa shape index (κ1) is 16.1. The number of rotatable bonds is 4. The van der Waals surface area contributed by atoms with Crippen molar-refractivity contribution in [2.24, 2.45) is 0 Å². The predicted octanol–water partition coefficient (Wildman–Crippen LogP) is 4.92. The van der Waals surface area contributed by atoms with E-state index in [1.807, 2.05) is 0 Å². The third-order valence-corrected chi connectivity index (χ3v) is 4.05. The Morgan fingerprint density at radius 3 is 2.43 bits per heavy atom. The van der Waals surface area contributed by atoms with Gasteiger partial charge in [0.1, 0.15) is 17.7 Å². The number of hydrogen-bond acceptors (Lipinski definition) is 2. The normalized spacial score (nSPS) is 12.5. The molecule has 7 heteroatoms. The molecule has 2 nitrogen and oxygen atoms in total. The lowest BCUT2D eigenvalue weighted by Gasteiger charge is -2.17. The molecule has 2 rings (SSSR count). The highest BCUT2D eigenvalue weighted by atomic mass is 79.9. The van der Waals surface area contributed by atoms with E-state index in [9.17, 15) is 18.3 Å². The van der Waals surface area contributed by atoms with Crippen LogP contribution < -0.4 is 4.74 Å². The molecule has 0 aliphatic rings. The number of aliphatic hydroxyl groups is 1. The third-order valence-electron chi connectivity index (χ3n) is 2.79. The SMILES string of the molecule is OC(c1ccccc1OC(F)F)c1ccc(Br)c(Cl)c1F. The second-order valence-electron chi connectivity index (χ2n) is 4.08. The first-order valence-corrected chi connectivity index (χ1v) is 6.94. The smallest absolute Gasteiger partial charge is 0.387 e. The lowest BCUT2D eigenvalue weighted by Crippen LogP contribution is -2.09. The fraction of sp³-hybridized carbons (Fsp3) is 0.143. The van der Waals surface area contributed by atoms with E-state index in [-0.39, 0.29) is 21.9 Å². The summed E-state index contributed by atoms with van der Waals surface area (Å²) in [6, 6.07) is 8.41. The van der Waals surface area contributed by atoms with Crippen LogP contribution in [-0.4, -0.2) is 11.7 Å². The highest BCUT2D eigenvalue weighted by Gasteiger charge is 2.22. The summed E-state index contributed by atoms with van der Waals surface area (Å²) in [6.07, 6.45) is -1.48. The van der Waals surface area contributed by atoms with E-state index in [0.717, 1.165) is 0 Å². The van der Waals surface area contributed by atoms with Gasteiger partial charge in [-0.15, -0.1) is 0 Å². The van der Waals surface area contributed by atoms with Crippen molar-refractivity contribution in [3.05, 3.63) is 62.8 Å². The largest absolute Gasteiger partial charge is 0.434 e. The van der Waals surface area contributed by atoms with Gasteiger partial charge in [0.2, 0.25) is 0 Å². The number of para-hydroxylation sites is 1. The molecule has 112 valence electrons. The maximum atomic E-state index is 14.1. The van der Waals surface area contributed by atoms with E-state index < -0.39 is 18.5 Å². The van der Waals surface area contributed by atoms with Crippen molar-refractivity contribution < 1.29 is 23.0 Å². The van der Waals surface area contributed by atoms with Gasteiger partial charge in [0.15, 0.2) is 0 Å². The molecule has 0 saturated heterocycles. The van der Waals surface area contributed by atoms with Crippen molar-refractivity contribution in [3.8, 4) is 5.75 Å². The Morgan fingerprint density at radius 2 is 1.76 bits per heavy atom. The van der Waals surface area contributed by atoms with E-state index >= 15 is 0 Å². The minimum absolute atomic E-state index is 0.0232. The van der Waals surface area contributed by atoms with Crippen LogP contribution in [0.1, 0.15) is 17.2 Å². The van der Waals surface area contributed by atoms with Crippen LogP contribution in [0.15, 0.2) is 40.9 Å². The molecule has 2 aromatic carbocycles. The van der Waals surface area contributed by atoms with Gasteiger partial charge in [-0.3, -0.25) is 0 Å². The summed E-state index contributed by atoms with van der Waals surface area (Å²) in [5.74, 6) is -1.05. The van der Waals surface area contributed by atoms with Gasteiger partial charge in [-0.2, -0.15) is 8.78 Å². The van der Waals surface area contributed by atoms with Crippen LogP contribution in [0.5, 0.6) is 5.75 Å². The molecule has 21 heavy (non-hydrogen) atoms. The Kier molecular flexibility index (Phi) is 5.13. The average Bonchev–Trinajstić information content (AvgIpc) is 2.44. The molecule has 1 N–H and O–H groups in total. The van der Waals surface area contributed by atoms with Crippen molar-refractivity contribution in [1.29, 1.82) is 0 Å². The van der Waals surface area contributed by atoms with Crippen LogP contribution in [-0.2, 0) is 0 Å². The van der Waals surface area contributed by atoms with Gasteiger partial charge in [0.25, 0.3) is 0 Å². The van der Waals surface area contributed by atoms with Gasteiger partial charge in [0.05, 0.1) is 5.02 Å². The maximum Gasteiger partial charge on any atom is 0.387 e. The Balaban J connectivity index is 2.45. The number of ether oxygens (including phenoxy) is 1. The lowest BCUT2D eigenvalue weighted by molar-refractivity contribution is -0.0512. The van der Waals surface area contributed by atoms with Gasteiger partial charge in [-0.25, -0.2) is 4.39 Å². The number of halogens is 5. The molecule has 1 atom stereocenters. The van der Waals surface area contributed by atoms with E-state index in [1.165, 1.54) is 36.4 Å². The van der Waals surface area contributed by atoms with Crippen LogP contribution in [0, 0.1) is 5.82 Å². The molecule has 0 fully saturated rings. The molecule has 0 saturated carbocycles. The standard InChI is InChI=1S/C14H9BrClF3O2/c15-9-6-5-8(12(17)11(9)16)13(20)7-3-1-2-4-10(7)21-14(18)19/h1-6,13-14,20H. The van der Waals surface area contributed by atoms with Crippen molar-refractivity contribution in [2.75, 3.05) is 0 Å². The maximum absolute atomic E-state index is 14.1. The summed E-state index contributed by atoms with van der Waals surface area (Å²) >= 11 is 8.81. The fourth-order valence-corrected chi connectivity index (χ4v) is 2.31. The number of aliphatic hydroxyl groups excluding tert-OH is 1. The Labute approximate surface area is 132 Å². The zero-order valence-electron chi connectivity index (χ0n) is 10.4. The number of benzene rings is 2. The molecule has 0 bridgehead atoms. The third kappa shape index (κ3) is 3.51. The van der Waals surface area contributed by atoms with E-state index in [0.29, 0.717) is 4.47 Å². The molecule has 0 radical (unpaired) electrons. The van der Waals surface area contributed by atoms with Gasteiger partial charge >= 0.3 is 6.61 Å². The summed E-state index contributed by atoms with van der Waals surface area (Å²) < 4.78 is 43.4. The highest BCUT2D eigenvalue weighted by Crippen LogP contribution is 2.36. The van der Waals surface area contributed by atoms with Crippen molar-refractivity contribution in [2.45, 2.75) is 12.7 Å². The Bertz CT molecular complexity index is 652. The van der Waals surface area contributed by atoms with Crippen molar-refractivity contribution >= 4 is 27.5 Å². The van der Waals surface area contributed by atoms with Crippen LogP contribution in [0.3, 0.4) is 0 Å². The number of alkyl halides is 2. The van der Waals surface area contributed by atoms with Gasteiger partial charge in [0, 0.05) is 15.6 Å². The van der Waals surface area contributed by atoms with Crippen LogP contribution >= 0.6 is 27.5 Å². The average molecular weight is 382 g/mol. The summed E-state index contributed by atoms with van der Waals surface area (Å²) in [4.78, 5) is 0. The number of hydrogen-bond donors (Lipinski definition) is 1. The zero-order chi connectivity index (χ0) is 15.6. The molecule has 0 heterocycles. The monoisotopic (exact) mass is 380 g/mol. The molecular weight excluding hydrogens is 373 g/mol. The van der Waals surface area contributed by atoms with Gasteiger partial charge in [-0.05, 0) is 28.1 Å². The van der Waals surface area contributed by atoms with Crippen molar-refractivity contribution in [1.82, 2.24) is 0 Å². The fourth-order valence-electron chi connectivity index (χ4n) is 1.83. The molecule has 0 aliphatic heterocycles. The minimum atomic E-state index is -3.04. The second-order valence-corrected chi connectivity index (χ2v) is 5.32. The quantitative estimate of drug-likeness (QED) is 0.761. The molecular formula is C14H9BrClF3O2. The summed E-state index contributed by atoms with van der Waals surface area (Å²) in [5.41, 5.74) is -0.108. The van der Waals surface area contributed by atoms with Gasteiger partial charge in [-0.1, -0.05) is 35.9 Å². The molecule has 2 aromatic rings. The molecule has 0 aliphatic carbocycles. The van der Waals surface area contributed by atoms with Gasteiger partial charge < -0.3 is 9.84 Å². The highest BCUT2D eigenvalue weighted by molar-refractivity contribution is 9.10. The summed E-state index contributed by atoms with van der Waals surface area (Å²) in [5, 5.41) is 10.0. The van der Waals surface area contributed by atoms with Crippen LogP contribution in [0.2, 0.25) is 5.02 Å². The van der Waals surface area contributed by atoms with Crippen LogP contribution in [0.25, 0.3) is 0 Å². The zero-order valence-corrected chi connectivity index (χ0v) is 12.7. The van der Waals surface area contributed by atoms with Crippen molar-refractivity contribution in [3.63, 3.8) is 0 Å². The lowest BCUT2D eigenvalue weighted by atomic mass is 10.0. The van der Waals surface area contributed by atoms with E-state index in [4.69, 9.17) is 11.6 Å². The predicted molar refractivity (Wildman–Crippen MR) is 76.2 cm³/mol. The molecule has 0 spiro atoms. The first-order valence-electron chi connectivity index (χ1n) is 5.77. The minimum Gasteiger partial charge on any atom is -0.434 e. The van der Waals surface area contributed by atoms with Crippen LogP contribution in [0.4, 0.5) is 13.2 Å². The Hall–Kier alpha value is -1.24.